The van der Waals surface area contributed by atoms with Crippen molar-refractivity contribution >= 4 is 5.91 Å². The zero-order chi connectivity index (χ0) is 14.8. The third kappa shape index (κ3) is 3.42. The number of nitrogens with one attached hydrogen (secondary N) is 1. The molecule has 2 atom stereocenters. The van der Waals surface area contributed by atoms with Gasteiger partial charge in [0.2, 0.25) is 5.91 Å². The van der Waals surface area contributed by atoms with Crippen molar-refractivity contribution in [3.8, 4) is 0 Å². The minimum Gasteiger partial charge on any atom is -0.342 e. The number of likely N-dealkylation sites (N-methyl/N-ethyl adjacent to an activating group) is 1. The van der Waals surface area contributed by atoms with Gasteiger partial charge in [0.05, 0.1) is 6.54 Å². The second-order valence-electron chi connectivity index (χ2n) is 7.52. The molecule has 0 bridgehead atoms. The first kappa shape index (κ1) is 15.3. The van der Waals surface area contributed by atoms with Gasteiger partial charge in [0.1, 0.15) is 0 Å². The van der Waals surface area contributed by atoms with E-state index in [1.807, 2.05) is 7.05 Å². The van der Waals surface area contributed by atoms with E-state index in [2.05, 4.69) is 22.0 Å². The molecule has 2 saturated heterocycles. The van der Waals surface area contributed by atoms with Gasteiger partial charge in [0, 0.05) is 25.7 Å². The molecule has 1 amide bonds. The number of carbonyl (C=O) groups is 1. The van der Waals surface area contributed by atoms with Crippen molar-refractivity contribution in [3.63, 3.8) is 0 Å². The molecule has 2 heterocycles. The molecule has 2 unspecified atom stereocenters. The maximum Gasteiger partial charge on any atom is 0.236 e. The van der Waals surface area contributed by atoms with Crippen molar-refractivity contribution in [2.45, 2.75) is 57.5 Å². The van der Waals surface area contributed by atoms with Gasteiger partial charge in [0.15, 0.2) is 0 Å². The third-order valence-electron chi connectivity index (χ3n) is 6.06. The monoisotopic (exact) mass is 293 g/mol. The highest BCUT2D eigenvalue weighted by molar-refractivity contribution is 5.78. The molecule has 3 fully saturated rings. The number of likely N-dealkylation sites (tertiary alicyclic amines) is 1. The Bertz CT molecular complexity index is 365. The summed E-state index contributed by atoms with van der Waals surface area (Å²) in [5.74, 6) is 1.95. The van der Waals surface area contributed by atoms with E-state index in [9.17, 15) is 4.79 Å². The van der Waals surface area contributed by atoms with Gasteiger partial charge in [-0.1, -0.05) is 6.92 Å². The summed E-state index contributed by atoms with van der Waals surface area (Å²) in [6.45, 7) is 6.28. The van der Waals surface area contributed by atoms with E-state index in [-0.39, 0.29) is 0 Å². The highest BCUT2D eigenvalue weighted by Crippen LogP contribution is 2.28. The Labute approximate surface area is 129 Å². The predicted octanol–water partition coefficient (Wildman–Crippen LogP) is 1.71. The van der Waals surface area contributed by atoms with Crippen LogP contribution in [0.2, 0.25) is 0 Å². The summed E-state index contributed by atoms with van der Waals surface area (Å²) in [6, 6.07) is 1.08. The summed E-state index contributed by atoms with van der Waals surface area (Å²) in [7, 11) is 2.03. The van der Waals surface area contributed by atoms with Crippen LogP contribution in [0.25, 0.3) is 0 Å². The Kier molecular flexibility index (Phi) is 4.85. The maximum absolute atomic E-state index is 12.6. The van der Waals surface area contributed by atoms with Crippen LogP contribution < -0.4 is 5.32 Å². The van der Waals surface area contributed by atoms with Crippen LogP contribution in [-0.4, -0.2) is 61.0 Å². The molecule has 0 aromatic rings. The molecule has 1 saturated carbocycles. The number of hydrogen-bond donors (Lipinski definition) is 1. The van der Waals surface area contributed by atoms with E-state index < -0.39 is 0 Å². The highest BCUT2D eigenvalue weighted by atomic mass is 16.2. The fraction of sp³-hybridized carbons (Fsp3) is 0.941. The van der Waals surface area contributed by atoms with Crippen molar-refractivity contribution in [1.29, 1.82) is 0 Å². The number of rotatable bonds is 3. The van der Waals surface area contributed by atoms with Crippen molar-refractivity contribution in [2.24, 2.45) is 11.8 Å². The minimum atomic E-state index is 0.335. The lowest BCUT2D eigenvalue weighted by molar-refractivity contribution is -0.135. The molecule has 4 nitrogen and oxygen atoms in total. The van der Waals surface area contributed by atoms with E-state index in [1.54, 1.807) is 0 Å². The standard InChI is InChI=1S/C17H31N3O/c1-13-5-7-15(8-6-13)19(2)17(21)12-20-9-3-4-14-10-18-11-16(14)20/h13-16,18H,3-12H2,1-2H3. The molecule has 0 radical (unpaired) electrons. The van der Waals surface area contributed by atoms with Crippen LogP contribution in [0, 0.1) is 11.8 Å². The summed E-state index contributed by atoms with van der Waals surface area (Å²) in [5.41, 5.74) is 0. The second-order valence-corrected chi connectivity index (χ2v) is 7.52. The van der Waals surface area contributed by atoms with Crippen molar-refractivity contribution in [2.75, 3.05) is 33.2 Å². The van der Waals surface area contributed by atoms with E-state index in [4.69, 9.17) is 0 Å². The zero-order valence-electron chi connectivity index (χ0n) is 13.7. The Morgan fingerprint density at radius 1 is 1.19 bits per heavy atom. The zero-order valence-corrected chi connectivity index (χ0v) is 13.7. The molecule has 2 aliphatic heterocycles. The Hall–Kier alpha value is -0.610. The Morgan fingerprint density at radius 3 is 2.71 bits per heavy atom. The molecule has 0 aromatic heterocycles. The summed E-state index contributed by atoms with van der Waals surface area (Å²) >= 11 is 0. The van der Waals surface area contributed by atoms with E-state index in [0.29, 0.717) is 24.5 Å². The highest BCUT2D eigenvalue weighted by Gasteiger charge is 2.36. The molecule has 120 valence electrons. The van der Waals surface area contributed by atoms with Gasteiger partial charge in [-0.05, 0) is 63.5 Å². The molecule has 4 heteroatoms. The smallest absolute Gasteiger partial charge is 0.236 e. The van der Waals surface area contributed by atoms with Crippen molar-refractivity contribution in [3.05, 3.63) is 0 Å². The van der Waals surface area contributed by atoms with Gasteiger partial charge in [-0.25, -0.2) is 0 Å². The van der Waals surface area contributed by atoms with Crippen LogP contribution in [-0.2, 0) is 4.79 Å². The third-order valence-corrected chi connectivity index (χ3v) is 6.06. The Balaban J connectivity index is 1.53. The second kappa shape index (κ2) is 6.66. The topological polar surface area (TPSA) is 35.6 Å². The molecule has 1 aliphatic carbocycles. The number of nitrogens with zero attached hydrogens (tertiary/aromatic N) is 2. The lowest BCUT2D eigenvalue weighted by atomic mass is 9.86. The van der Waals surface area contributed by atoms with Gasteiger partial charge >= 0.3 is 0 Å². The lowest BCUT2D eigenvalue weighted by Crippen LogP contribution is -2.51. The van der Waals surface area contributed by atoms with Gasteiger partial charge in [-0.2, -0.15) is 0 Å². The number of piperidine rings is 1. The SMILES string of the molecule is CC1CCC(N(C)C(=O)CN2CCCC3CNCC32)CC1. The molecule has 21 heavy (non-hydrogen) atoms. The number of fused-ring (bicyclic) bond motifs is 1. The van der Waals surface area contributed by atoms with E-state index in [1.165, 1.54) is 38.5 Å². The number of hydrogen-bond acceptors (Lipinski definition) is 3. The fourth-order valence-corrected chi connectivity index (χ4v) is 4.48. The number of amides is 1. The summed E-state index contributed by atoms with van der Waals surface area (Å²) < 4.78 is 0. The molecule has 0 aromatic carbocycles. The van der Waals surface area contributed by atoms with Gasteiger partial charge in [0.25, 0.3) is 0 Å². The van der Waals surface area contributed by atoms with Crippen LogP contribution in [0.4, 0.5) is 0 Å². The van der Waals surface area contributed by atoms with Gasteiger partial charge in [-0.15, -0.1) is 0 Å². The first-order valence-electron chi connectivity index (χ1n) is 8.85. The Morgan fingerprint density at radius 2 is 1.95 bits per heavy atom. The quantitative estimate of drug-likeness (QED) is 0.860. The van der Waals surface area contributed by atoms with Crippen LogP contribution in [0.15, 0.2) is 0 Å². The molecule has 3 aliphatic rings. The van der Waals surface area contributed by atoms with Crippen LogP contribution >= 0.6 is 0 Å². The normalized spacial score (nSPS) is 37.2. The average molecular weight is 293 g/mol. The van der Waals surface area contributed by atoms with E-state index >= 15 is 0 Å². The van der Waals surface area contributed by atoms with E-state index in [0.717, 1.165) is 31.5 Å². The van der Waals surface area contributed by atoms with Crippen LogP contribution in [0.1, 0.15) is 45.4 Å². The fourth-order valence-electron chi connectivity index (χ4n) is 4.48. The first-order valence-corrected chi connectivity index (χ1v) is 8.85. The first-order chi connectivity index (χ1) is 10.1. The van der Waals surface area contributed by atoms with Gasteiger partial charge < -0.3 is 10.2 Å². The molecule has 3 rings (SSSR count). The summed E-state index contributed by atoms with van der Waals surface area (Å²) in [6.07, 6.45) is 7.52. The van der Waals surface area contributed by atoms with Crippen molar-refractivity contribution < 1.29 is 4.79 Å². The molecular formula is C17H31N3O. The molecular weight excluding hydrogens is 262 g/mol. The summed E-state index contributed by atoms with van der Waals surface area (Å²) in [5, 5.41) is 3.50. The largest absolute Gasteiger partial charge is 0.342 e. The van der Waals surface area contributed by atoms with Gasteiger partial charge in [-0.3, -0.25) is 9.69 Å². The van der Waals surface area contributed by atoms with Crippen LogP contribution in [0.5, 0.6) is 0 Å². The lowest BCUT2D eigenvalue weighted by Gasteiger charge is -2.39. The average Bonchev–Trinajstić information content (AvgIpc) is 2.97. The molecule has 1 N–H and O–H groups in total. The molecule has 0 spiro atoms. The summed E-state index contributed by atoms with van der Waals surface area (Å²) in [4.78, 5) is 17.1. The minimum absolute atomic E-state index is 0.335. The maximum atomic E-state index is 12.6. The van der Waals surface area contributed by atoms with Crippen molar-refractivity contribution in [1.82, 2.24) is 15.1 Å². The van der Waals surface area contributed by atoms with Crippen LogP contribution in [0.3, 0.4) is 0 Å². The number of carbonyl (C=O) groups excluding carboxylic acids is 1. The predicted molar refractivity (Wildman–Crippen MR) is 85.1 cm³/mol.